The molecule has 354 valence electrons. The zero-order chi connectivity index (χ0) is 45.2. The van der Waals surface area contributed by atoms with Gasteiger partial charge in [-0.05, 0) is 6.92 Å². The largest absolute Gasteiger partial charge is 0.394 e. The number of hydrogen-bond donors (Lipinski definition) is 16. The number of aliphatic hydroxyl groups is 14. The van der Waals surface area contributed by atoms with Crippen LogP contribution in [-0.2, 0) is 52.2 Å². The maximum Gasteiger partial charge on any atom is 0.217 e. The highest BCUT2D eigenvalue weighted by Gasteiger charge is 2.57. The van der Waals surface area contributed by atoms with Gasteiger partial charge in [-0.1, -0.05) is 0 Å². The molecule has 0 saturated carbocycles. The van der Waals surface area contributed by atoms with Crippen LogP contribution in [0, 0.1) is 0 Å². The van der Waals surface area contributed by atoms with Crippen molar-refractivity contribution in [2.45, 2.75) is 174 Å². The van der Waals surface area contributed by atoms with E-state index in [0.717, 1.165) is 13.8 Å². The van der Waals surface area contributed by atoms with Gasteiger partial charge in [0.25, 0.3) is 0 Å². The van der Waals surface area contributed by atoms with Gasteiger partial charge < -0.3 is 125 Å². The van der Waals surface area contributed by atoms with Crippen LogP contribution in [-0.4, -0.2) is 263 Å². The molecule has 0 aromatic carbocycles. The van der Waals surface area contributed by atoms with Crippen molar-refractivity contribution < 1.29 is 124 Å². The van der Waals surface area contributed by atoms with Gasteiger partial charge in [0.05, 0.1) is 32.5 Å². The molecule has 1 unspecified atom stereocenters. The lowest BCUT2D eigenvalue weighted by molar-refractivity contribution is -0.396. The first kappa shape index (κ1) is 50.0. The predicted molar refractivity (Wildman–Crippen MR) is 188 cm³/mol. The molecular formula is C34H58N2O25. The highest BCUT2D eigenvalue weighted by atomic mass is 16.8. The third-order valence-electron chi connectivity index (χ3n) is 11.1. The van der Waals surface area contributed by atoms with Crippen LogP contribution in [0.15, 0.2) is 0 Å². The summed E-state index contributed by atoms with van der Waals surface area (Å²) in [6.07, 6.45) is -41.3. The molecule has 0 bridgehead atoms. The van der Waals surface area contributed by atoms with Crippen molar-refractivity contribution in [1.82, 2.24) is 10.6 Å². The molecule has 5 heterocycles. The summed E-state index contributed by atoms with van der Waals surface area (Å²) in [7, 11) is 0. The van der Waals surface area contributed by atoms with Crippen molar-refractivity contribution in [2.75, 3.05) is 26.4 Å². The first-order valence-electron chi connectivity index (χ1n) is 19.5. The van der Waals surface area contributed by atoms with Crippen molar-refractivity contribution in [3.63, 3.8) is 0 Å². The minimum atomic E-state index is -2.13. The van der Waals surface area contributed by atoms with E-state index in [4.69, 9.17) is 42.6 Å². The second-order valence-corrected chi connectivity index (χ2v) is 15.4. The second kappa shape index (κ2) is 21.3. The van der Waals surface area contributed by atoms with Gasteiger partial charge in [-0.15, -0.1) is 0 Å². The van der Waals surface area contributed by atoms with Gasteiger partial charge in [-0.3, -0.25) is 9.59 Å². The SMILES string of the molecule is CC(=O)N[C@H]1[C@H](O[C@@H]2[C@H](O)[C@@H](O[C@@H]3O[C@@H](C)[C@@H](O)[C@@H](O)[C@@H]3O)[C@H](O[C@H]3[C@@H](O)[C@@H](CO)OC(O)[C@@H]3NC(C)=O)O[C@@H]2CO)O[C@H](CO)[C@@H](O[C@@H]2O[C@H](CO)[C@@H](O)[C@H](O)[C@H]2O)[C@@H]1O. The highest BCUT2D eigenvalue weighted by Crippen LogP contribution is 2.36. The fraction of sp³-hybridized carbons (Fsp3) is 0.941. The van der Waals surface area contributed by atoms with E-state index >= 15 is 0 Å². The lowest BCUT2D eigenvalue weighted by atomic mass is 9.94. The first-order valence-corrected chi connectivity index (χ1v) is 19.5. The van der Waals surface area contributed by atoms with Gasteiger partial charge in [-0.25, -0.2) is 0 Å². The molecule has 16 N–H and O–H groups in total. The highest BCUT2D eigenvalue weighted by molar-refractivity contribution is 5.73. The minimum Gasteiger partial charge on any atom is -0.394 e. The van der Waals surface area contributed by atoms with Crippen molar-refractivity contribution in [1.29, 1.82) is 0 Å². The Labute approximate surface area is 346 Å². The number of carbonyl (C=O) groups is 2. The van der Waals surface area contributed by atoms with Gasteiger partial charge in [0, 0.05) is 13.8 Å². The smallest absolute Gasteiger partial charge is 0.217 e. The zero-order valence-corrected chi connectivity index (χ0v) is 33.0. The van der Waals surface area contributed by atoms with E-state index in [0.29, 0.717) is 0 Å². The van der Waals surface area contributed by atoms with E-state index in [-0.39, 0.29) is 0 Å². The summed E-state index contributed by atoms with van der Waals surface area (Å²) in [4.78, 5) is 24.6. The van der Waals surface area contributed by atoms with Gasteiger partial charge in [-0.2, -0.15) is 0 Å². The fourth-order valence-corrected chi connectivity index (χ4v) is 7.76. The number of carbonyl (C=O) groups excluding carboxylic acids is 2. The maximum absolute atomic E-state index is 12.4. The molecule has 2 amide bonds. The Hall–Kier alpha value is -1.98. The van der Waals surface area contributed by atoms with Gasteiger partial charge in [0.2, 0.25) is 11.8 Å². The average Bonchev–Trinajstić information content (AvgIpc) is 3.22. The molecule has 0 radical (unpaired) electrons. The Morgan fingerprint density at radius 2 is 0.852 bits per heavy atom. The summed E-state index contributed by atoms with van der Waals surface area (Å²) in [6, 6.07) is -3.26. The molecule has 27 nitrogen and oxygen atoms in total. The Morgan fingerprint density at radius 3 is 1.41 bits per heavy atom. The zero-order valence-electron chi connectivity index (χ0n) is 33.0. The van der Waals surface area contributed by atoms with E-state index < -0.39 is 192 Å². The second-order valence-electron chi connectivity index (χ2n) is 15.4. The monoisotopic (exact) mass is 894 g/mol. The van der Waals surface area contributed by atoms with Crippen molar-refractivity contribution >= 4 is 11.8 Å². The molecule has 5 fully saturated rings. The maximum atomic E-state index is 12.4. The van der Waals surface area contributed by atoms with Crippen LogP contribution in [0.1, 0.15) is 20.8 Å². The van der Waals surface area contributed by atoms with Gasteiger partial charge >= 0.3 is 0 Å². The first-order chi connectivity index (χ1) is 28.8. The molecule has 5 aliphatic heterocycles. The topological polar surface area (TPSA) is 424 Å². The van der Waals surface area contributed by atoms with Crippen LogP contribution in [0.2, 0.25) is 0 Å². The third-order valence-corrected chi connectivity index (χ3v) is 11.1. The lowest BCUT2D eigenvalue weighted by Gasteiger charge is -2.51. The summed E-state index contributed by atoms with van der Waals surface area (Å²) in [5.41, 5.74) is 0. The Morgan fingerprint density at radius 1 is 0.426 bits per heavy atom. The molecular weight excluding hydrogens is 836 g/mol. The normalized spacial score (nSPS) is 49.6. The summed E-state index contributed by atoms with van der Waals surface area (Å²) in [5, 5.41) is 153. The lowest BCUT2D eigenvalue weighted by Crippen LogP contribution is -2.71. The standard InChI is InChI=1S/C34H58N2O25/c1-8-17(43)21(47)23(49)32(53-8)61-29-25(51)27(14(7-40)57-34(29)60-28-16(36-10(3)42)30(52)54-12(5-38)19(28)45)58-31-15(35-9(2)41)20(46)26(13(6-39)56-31)59-33-24(50)22(48)18(44)11(4-37)55-33/h8,11-34,37-40,43-52H,4-7H2,1-3H3,(H,35,41)(H,36,42)/t8-,11+,12+,13+,14+,15+,16+,17+,18+,19-,20+,21+,22-,23-,24+,25-,26+,27-,28+,29+,30?,31-,32-,33-,34-/m0/s1. The Kier molecular flexibility index (Phi) is 17.5. The number of rotatable bonds is 14. The van der Waals surface area contributed by atoms with Gasteiger partial charge in [0.15, 0.2) is 31.5 Å². The fourth-order valence-electron chi connectivity index (χ4n) is 7.76. The van der Waals surface area contributed by atoms with Crippen LogP contribution < -0.4 is 10.6 Å². The molecule has 61 heavy (non-hydrogen) atoms. The molecule has 5 aliphatic rings. The van der Waals surface area contributed by atoms with Crippen LogP contribution in [0.4, 0.5) is 0 Å². The number of amides is 2. The van der Waals surface area contributed by atoms with Crippen LogP contribution in [0.25, 0.3) is 0 Å². The van der Waals surface area contributed by atoms with Crippen molar-refractivity contribution in [3.05, 3.63) is 0 Å². The van der Waals surface area contributed by atoms with E-state index in [1.165, 1.54) is 6.92 Å². The number of ether oxygens (including phenoxy) is 9. The van der Waals surface area contributed by atoms with Crippen molar-refractivity contribution in [2.24, 2.45) is 0 Å². The molecule has 0 aromatic heterocycles. The van der Waals surface area contributed by atoms with E-state index in [2.05, 4.69) is 10.6 Å². The number of nitrogens with one attached hydrogen (secondary N) is 2. The molecule has 27 heteroatoms. The summed E-state index contributed by atoms with van der Waals surface area (Å²) in [6.45, 7) is -0.252. The van der Waals surface area contributed by atoms with E-state index in [1.54, 1.807) is 0 Å². The predicted octanol–water partition coefficient (Wildman–Crippen LogP) is -10.6. The number of hydrogen-bond acceptors (Lipinski definition) is 25. The summed E-state index contributed by atoms with van der Waals surface area (Å²) in [5.74, 6) is -1.53. The van der Waals surface area contributed by atoms with E-state index in [9.17, 15) is 81.1 Å². The third kappa shape index (κ3) is 10.8. The molecule has 5 rings (SSSR count). The quantitative estimate of drug-likeness (QED) is 0.0770. The van der Waals surface area contributed by atoms with Crippen molar-refractivity contribution in [3.8, 4) is 0 Å². The Bertz CT molecular complexity index is 1420. The average molecular weight is 895 g/mol. The van der Waals surface area contributed by atoms with E-state index in [1.807, 2.05) is 0 Å². The van der Waals surface area contributed by atoms with Crippen LogP contribution >= 0.6 is 0 Å². The van der Waals surface area contributed by atoms with Crippen LogP contribution in [0.5, 0.6) is 0 Å². The molecule has 0 aliphatic carbocycles. The molecule has 0 spiro atoms. The molecule has 25 atom stereocenters. The molecule has 0 aromatic rings. The molecule has 5 saturated heterocycles. The summed E-state index contributed by atoms with van der Waals surface area (Å²) >= 11 is 0. The minimum absolute atomic E-state index is 0.735. The summed E-state index contributed by atoms with van der Waals surface area (Å²) < 4.78 is 51.7. The van der Waals surface area contributed by atoms with Crippen LogP contribution in [0.3, 0.4) is 0 Å². The van der Waals surface area contributed by atoms with Gasteiger partial charge in [0.1, 0.15) is 116 Å². The number of aliphatic hydroxyl groups excluding tert-OH is 14. The Balaban J connectivity index is 1.46.